The van der Waals surface area contributed by atoms with Gasteiger partial charge in [0.15, 0.2) is 0 Å². The standard InChI is InChI=1S/C12H11ClF2N2O/c1-12(18,11-10(13)6-16-17(11)2)7-3-8(14)5-9(15)4-7/h3-6,18H,1-2H3. The molecule has 0 radical (unpaired) electrons. The van der Waals surface area contributed by atoms with E-state index in [4.69, 9.17) is 11.6 Å². The van der Waals surface area contributed by atoms with Gasteiger partial charge in [-0.05, 0) is 24.6 Å². The topological polar surface area (TPSA) is 38.0 Å². The third-order valence-corrected chi connectivity index (χ3v) is 3.06. The van der Waals surface area contributed by atoms with Crippen LogP contribution in [0.25, 0.3) is 0 Å². The molecule has 0 fully saturated rings. The molecule has 1 unspecified atom stereocenters. The number of aryl methyl sites for hydroxylation is 1. The number of rotatable bonds is 2. The second-order valence-electron chi connectivity index (χ2n) is 4.20. The summed E-state index contributed by atoms with van der Waals surface area (Å²) in [4.78, 5) is 0. The van der Waals surface area contributed by atoms with Crippen LogP contribution in [0.3, 0.4) is 0 Å². The van der Waals surface area contributed by atoms with Crippen LogP contribution in [0, 0.1) is 11.6 Å². The Morgan fingerprint density at radius 1 is 1.28 bits per heavy atom. The summed E-state index contributed by atoms with van der Waals surface area (Å²) in [6, 6.07) is 2.86. The van der Waals surface area contributed by atoms with E-state index >= 15 is 0 Å². The Morgan fingerprint density at radius 2 is 1.83 bits per heavy atom. The summed E-state index contributed by atoms with van der Waals surface area (Å²) in [5, 5.41) is 14.6. The van der Waals surface area contributed by atoms with Crippen LogP contribution in [-0.4, -0.2) is 14.9 Å². The average molecular weight is 273 g/mol. The first-order valence-electron chi connectivity index (χ1n) is 5.19. The SMILES string of the molecule is Cn1ncc(Cl)c1C(C)(O)c1cc(F)cc(F)c1. The fourth-order valence-corrected chi connectivity index (χ4v) is 2.28. The summed E-state index contributed by atoms with van der Waals surface area (Å²) in [7, 11) is 1.59. The molecule has 0 saturated carbocycles. The van der Waals surface area contributed by atoms with Crippen molar-refractivity contribution in [3.8, 4) is 0 Å². The molecule has 1 heterocycles. The molecule has 0 aliphatic heterocycles. The normalized spacial score (nSPS) is 14.6. The van der Waals surface area contributed by atoms with Crippen molar-refractivity contribution >= 4 is 11.6 Å². The van der Waals surface area contributed by atoms with E-state index < -0.39 is 17.2 Å². The van der Waals surface area contributed by atoms with Gasteiger partial charge in [0.05, 0.1) is 16.9 Å². The van der Waals surface area contributed by atoms with E-state index in [1.54, 1.807) is 7.05 Å². The van der Waals surface area contributed by atoms with Gasteiger partial charge in [-0.15, -0.1) is 0 Å². The number of halogens is 3. The molecule has 0 bridgehead atoms. The van der Waals surface area contributed by atoms with Crippen molar-refractivity contribution < 1.29 is 13.9 Å². The lowest BCUT2D eigenvalue weighted by molar-refractivity contribution is 0.0922. The van der Waals surface area contributed by atoms with Crippen LogP contribution in [0.2, 0.25) is 5.02 Å². The van der Waals surface area contributed by atoms with Crippen LogP contribution >= 0.6 is 11.6 Å². The lowest BCUT2D eigenvalue weighted by Gasteiger charge is -2.24. The minimum Gasteiger partial charge on any atom is -0.379 e. The van der Waals surface area contributed by atoms with Gasteiger partial charge in [-0.1, -0.05) is 11.6 Å². The fourth-order valence-electron chi connectivity index (χ4n) is 1.93. The predicted octanol–water partition coefficient (Wildman–Crippen LogP) is 2.61. The van der Waals surface area contributed by atoms with Gasteiger partial charge in [0, 0.05) is 13.1 Å². The maximum atomic E-state index is 13.2. The summed E-state index contributed by atoms with van der Waals surface area (Å²) >= 11 is 5.93. The molecule has 0 aliphatic carbocycles. The fraction of sp³-hybridized carbons (Fsp3) is 0.250. The number of hydrogen-bond acceptors (Lipinski definition) is 2. The summed E-state index contributed by atoms with van der Waals surface area (Å²) in [5.41, 5.74) is -1.29. The molecule has 0 aliphatic rings. The minimum absolute atomic E-state index is 0.0745. The number of benzene rings is 1. The summed E-state index contributed by atoms with van der Waals surface area (Å²) in [5.74, 6) is -1.52. The van der Waals surface area contributed by atoms with Crippen molar-refractivity contribution in [1.29, 1.82) is 0 Å². The van der Waals surface area contributed by atoms with E-state index in [0.29, 0.717) is 0 Å². The Morgan fingerprint density at radius 3 is 2.28 bits per heavy atom. The monoisotopic (exact) mass is 272 g/mol. The van der Waals surface area contributed by atoms with Gasteiger partial charge in [0.2, 0.25) is 0 Å². The highest BCUT2D eigenvalue weighted by Gasteiger charge is 2.32. The third kappa shape index (κ3) is 2.11. The van der Waals surface area contributed by atoms with E-state index in [9.17, 15) is 13.9 Å². The van der Waals surface area contributed by atoms with E-state index in [1.807, 2.05) is 0 Å². The third-order valence-electron chi connectivity index (χ3n) is 2.78. The first-order valence-corrected chi connectivity index (χ1v) is 5.57. The first kappa shape index (κ1) is 13.0. The molecule has 2 rings (SSSR count). The van der Waals surface area contributed by atoms with Gasteiger partial charge < -0.3 is 5.11 Å². The van der Waals surface area contributed by atoms with Crippen LogP contribution in [-0.2, 0) is 12.6 Å². The summed E-state index contributed by atoms with van der Waals surface area (Å²) in [6.45, 7) is 1.41. The van der Waals surface area contributed by atoms with Gasteiger partial charge in [0.25, 0.3) is 0 Å². The van der Waals surface area contributed by atoms with E-state index in [2.05, 4.69) is 5.10 Å². The molecule has 18 heavy (non-hydrogen) atoms. The van der Waals surface area contributed by atoms with Crippen molar-refractivity contribution in [3.05, 3.63) is 52.3 Å². The van der Waals surface area contributed by atoms with E-state index in [1.165, 1.54) is 17.8 Å². The number of nitrogens with zero attached hydrogens (tertiary/aromatic N) is 2. The molecule has 1 aromatic heterocycles. The molecular weight excluding hydrogens is 262 g/mol. The maximum absolute atomic E-state index is 13.2. The Labute approximate surface area is 108 Å². The van der Waals surface area contributed by atoms with Gasteiger partial charge >= 0.3 is 0 Å². The molecule has 1 atom stereocenters. The zero-order valence-electron chi connectivity index (χ0n) is 9.78. The second-order valence-corrected chi connectivity index (χ2v) is 4.60. The first-order chi connectivity index (χ1) is 8.32. The second kappa shape index (κ2) is 4.33. The van der Waals surface area contributed by atoms with E-state index in [-0.39, 0.29) is 16.3 Å². The summed E-state index contributed by atoms with van der Waals surface area (Å²) < 4.78 is 27.8. The summed E-state index contributed by atoms with van der Waals surface area (Å²) in [6.07, 6.45) is 1.36. The molecule has 0 spiro atoms. The Kier molecular flexibility index (Phi) is 3.12. The quantitative estimate of drug-likeness (QED) is 0.913. The zero-order chi connectivity index (χ0) is 13.5. The smallest absolute Gasteiger partial charge is 0.130 e. The Hall–Kier alpha value is -1.46. The number of aliphatic hydroxyl groups is 1. The number of hydrogen-bond donors (Lipinski definition) is 1. The lowest BCUT2D eigenvalue weighted by Crippen LogP contribution is -2.27. The largest absolute Gasteiger partial charge is 0.379 e. The van der Waals surface area contributed by atoms with Crippen molar-refractivity contribution in [2.75, 3.05) is 0 Å². The van der Waals surface area contributed by atoms with Gasteiger partial charge in [-0.2, -0.15) is 5.10 Å². The lowest BCUT2D eigenvalue weighted by atomic mass is 9.92. The van der Waals surface area contributed by atoms with Crippen LogP contribution < -0.4 is 0 Å². The Bertz CT molecular complexity index is 556. The van der Waals surface area contributed by atoms with Crippen LogP contribution in [0.4, 0.5) is 8.78 Å². The molecule has 1 N–H and O–H groups in total. The van der Waals surface area contributed by atoms with Gasteiger partial charge in [-0.3, -0.25) is 4.68 Å². The van der Waals surface area contributed by atoms with E-state index in [0.717, 1.165) is 18.2 Å². The predicted molar refractivity (Wildman–Crippen MR) is 63.2 cm³/mol. The molecule has 0 amide bonds. The highest BCUT2D eigenvalue weighted by molar-refractivity contribution is 6.31. The Balaban J connectivity index is 2.61. The molecule has 1 aromatic carbocycles. The highest BCUT2D eigenvalue weighted by atomic mass is 35.5. The molecular formula is C12H11ClF2N2O. The zero-order valence-corrected chi connectivity index (χ0v) is 10.5. The van der Waals surface area contributed by atoms with Crippen molar-refractivity contribution in [1.82, 2.24) is 9.78 Å². The molecule has 2 aromatic rings. The van der Waals surface area contributed by atoms with Gasteiger partial charge in [-0.25, -0.2) is 8.78 Å². The van der Waals surface area contributed by atoms with Crippen molar-refractivity contribution in [3.63, 3.8) is 0 Å². The van der Waals surface area contributed by atoms with Crippen LogP contribution in [0.5, 0.6) is 0 Å². The van der Waals surface area contributed by atoms with Crippen molar-refractivity contribution in [2.24, 2.45) is 7.05 Å². The maximum Gasteiger partial charge on any atom is 0.130 e. The molecule has 3 nitrogen and oxygen atoms in total. The highest BCUT2D eigenvalue weighted by Crippen LogP contribution is 2.34. The van der Waals surface area contributed by atoms with Crippen molar-refractivity contribution in [2.45, 2.75) is 12.5 Å². The number of aromatic nitrogens is 2. The molecule has 96 valence electrons. The van der Waals surface area contributed by atoms with Crippen LogP contribution in [0.1, 0.15) is 18.2 Å². The molecule has 0 saturated heterocycles. The minimum atomic E-state index is -1.63. The van der Waals surface area contributed by atoms with Crippen LogP contribution in [0.15, 0.2) is 24.4 Å². The average Bonchev–Trinajstić information content (AvgIpc) is 2.57. The van der Waals surface area contributed by atoms with Gasteiger partial charge in [0.1, 0.15) is 17.2 Å². The molecule has 6 heteroatoms.